The van der Waals surface area contributed by atoms with Crippen LogP contribution in [0.4, 0.5) is 17.1 Å². The van der Waals surface area contributed by atoms with Crippen molar-refractivity contribution in [2.45, 2.75) is 0 Å². The number of hydrogen-bond donors (Lipinski definition) is 0. The first-order chi connectivity index (χ1) is 28.0. The van der Waals surface area contributed by atoms with Gasteiger partial charge in [-0.1, -0.05) is 133 Å². The molecule has 0 aliphatic heterocycles. The Morgan fingerprint density at radius 2 is 1.09 bits per heavy atom. The van der Waals surface area contributed by atoms with Crippen LogP contribution >= 0.6 is 0 Å². The summed E-state index contributed by atoms with van der Waals surface area (Å²) in [7, 11) is 0. The van der Waals surface area contributed by atoms with Gasteiger partial charge in [-0.15, -0.1) is 0 Å². The van der Waals surface area contributed by atoms with Crippen molar-refractivity contribution < 1.29 is 9.90 Å². The summed E-state index contributed by atoms with van der Waals surface area (Å²) in [5, 5.41) is 7.52. The normalized spacial score (nSPS) is 12.8. The number of aromatic nitrogens is 1. The van der Waals surface area contributed by atoms with Crippen molar-refractivity contribution >= 4 is 82.4 Å². The number of para-hydroxylation sites is 2. The zero-order valence-electron chi connectivity index (χ0n) is 32.5. The predicted molar refractivity (Wildman–Crippen MR) is 223 cm³/mol. The lowest BCUT2D eigenvalue weighted by atomic mass is 9.98. The Balaban J connectivity index is 1.22. The van der Waals surface area contributed by atoms with E-state index >= 15 is 0 Å². The van der Waals surface area contributed by atoms with E-state index in [2.05, 4.69) is 59.2 Å². The third-order valence-corrected chi connectivity index (χ3v) is 10.4. The Morgan fingerprint density at radius 1 is 0.453 bits per heavy atom. The molecular formula is C50H32N2O. The molecule has 0 radical (unpaired) electrons. The summed E-state index contributed by atoms with van der Waals surface area (Å²) in [5.41, 5.74) is 6.82. The van der Waals surface area contributed by atoms with Gasteiger partial charge in [0.1, 0.15) is 11.2 Å². The third-order valence-electron chi connectivity index (χ3n) is 10.4. The van der Waals surface area contributed by atoms with Gasteiger partial charge in [-0.05, 0) is 82.5 Å². The van der Waals surface area contributed by atoms with Crippen LogP contribution in [0.3, 0.4) is 0 Å². The van der Waals surface area contributed by atoms with Crippen LogP contribution in [0.15, 0.2) is 198 Å². The van der Waals surface area contributed by atoms with E-state index in [1.807, 2.05) is 120 Å². The van der Waals surface area contributed by atoms with E-state index in [1.165, 1.54) is 0 Å². The monoisotopic (exact) mass is 680 g/mol. The fraction of sp³-hybridized carbons (Fsp3) is 0. The summed E-state index contributed by atoms with van der Waals surface area (Å²) in [6, 6.07) is 55.9. The highest BCUT2D eigenvalue weighted by molar-refractivity contribution is 6.20. The molecule has 2 heterocycles. The van der Waals surface area contributed by atoms with Crippen LogP contribution in [0, 0.1) is 0 Å². The summed E-state index contributed by atoms with van der Waals surface area (Å²) >= 11 is 0. The lowest BCUT2D eigenvalue weighted by Gasteiger charge is -2.27. The minimum atomic E-state index is -0.141. The molecule has 11 aromatic rings. The summed E-state index contributed by atoms with van der Waals surface area (Å²) in [5.74, 6) is 0. The van der Waals surface area contributed by atoms with E-state index < -0.39 is 0 Å². The second-order valence-electron chi connectivity index (χ2n) is 13.4. The summed E-state index contributed by atoms with van der Waals surface area (Å²) in [6.45, 7) is 0. The molecule has 0 aliphatic carbocycles. The molecule has 0 spiro atoms. The topological polar surface area (TPSA) is 21.3 Å². The Morgan fingerprint density at radius 3 is 1.94 bits per heavy atom. The first-order valence-electron chi connectivity index (χ1n) is 19.8. The van der Waals surface area contributed by atoms with Gasteiger partial charge in [0.15, 0.2) is 0 Å². The van der Waals surface area contributed by atoms with E-state index in [1.54, 1.807) is 0 Å². The maximum Gasteiger partial charge on any atom is 0.143 e. The molecule has 248 valence electrons. The smallest absolute Gasteiger partial charge is 0.143 e. The summed E-state index contributed by atoms with van der Waals surface area (Å²) in [6.07, 6.45) is 0. The molecule has 2 aromatic heterocycles. The van der Waals surface area contributed by atoms with Crippen molar-refractivity contribution in [3.05, 3.63) is 194 Å². The van der Waals surface area contributed by atoms with Gasteiger partial charge in [-0.2, -0.15) is 0 Å². The zero-order valence-corrected chi connectivity index (χ0v) is 28.5. The molecule has 0 aliphatic rings. The van der Waals surface area contributed by atoms with Crippen LogP contribution < -0.4 is 4.90 Å². The number of benzene rings is 9. The van der Waals surface area contributed by atoms with Crippen molar-refractivity contribution in [1.82, 2.24) is 4.57 Å². The quantitative estimate of drug-likeness (QED) is 0.180. The van der Waals surface area contributed by atoms with Gasteiger partial charge in [0, 0.05) is 38.3 Å². The van der Waals surface area contributed by atoms with Gasteiger partial charge in [-0.25, -0.2) is 0 Å². The Bertz CT molecular complexity index is 3390. The Labute approximate surface area is 311 Å². The molecule has 3 heteroatoms. The fourth-order valence-electron chi connectivity index (χ4n) is 8.13. The molecule has 0 N–H and O–H groups in total. The van der Waals surface area contributed by atoms with Gasteiger partial charge in [0.2, 0.25) is 0 Å². The first-order valence-corrected chi connectivity index (χ1v) is 17.8. The van der Waals surface area contributed by atoms with Gasteiger partial charge >= 0.3 is 0 Å². The van der Waals surface area contributed by atoms with Crippen molar-refractivity contribution in [2.75, 3.05) is 4.90 Å². The molecule has 53 heavy (non-hydrogen) atoms. The largest absolute Gasteiger partial charge is 0.455 e. The van der Waals surface area contributed by atoms with Crippen LogP contribution in [0.25, 0.3) is 82.1 Å². The van der Waals surface area contributed by atoms with Gasteiger partial charge in [-0.3, -0.25) is 0 Å². The minimum Gasteiger partial charge on any atom is -0.455 e. The molecular weight excluding hydrogens is 645 g/mol. The molecule has 0 unspecified atom stereocenters. The molecule has 0 saturated heterocycles. The highest BCUT2D eigenvalue weighted by atomic mass is 16.3. The molecule has 0 amide bonds. The second-order valence-corrected chi connectivity index (χ2v) is 13.4. The van der Waals surface area contributed by atoms with Crippen LogP contribution in [0.1, 0.15) is 5.48 Å². The molecule has 0 fully saturated rings. The number of furan rings is 1. The van der Waals surface area contributed by atoms with Crippen molar-refractivity contribution in [1.29, 1.82) is 0 Å². The van der Waals surface area contributed by atoms with Crippen LogP contribution in [-0.4, -0.2) is 4.57 Å². The molecule has 0 atom stereocenters. The van der Waals surface area contributed by atoms with Gasteiger partial charge in [0.05, 0.1) is 33.3 Å². The van der Waals surface area contributed by atoms with Crippen LogP contribution in [0.5, 0.6) is 0 Å². The number of rotatable bonds is 5. The van der Waals surface area contributed by atoms with Crippen molar-refractivity contribution in [2.24, 2.45) is 0 Å². The van der Waals surface area contributed by atoms with Crippen molar-refractivity contribution in [3.63, 3.8) is 0 Å². The number of nitrogens with zero attached hydrogens (tertiary/aromatic N) is 2. The Kier molecular flexibility index (Phi) is 5.71. The lowest BCUT2D eigenvalue weighted by molar-refractivity contribution is 0.672. The van der Waals surface area contributed by atoms with E-state index in [9.17, 15) is 5.48 Å². The molecule has 0 bridgehead atoms. The highest BCUT2D eigenvalue weighted by Crippen LogP contribution is 2.46. The zero-order chi connectivity index (χ0) is 38.4. The highest BCUT2D eigenvalue weighted by Gasteiger charge is 2.22. The number of anilines is 3. The lowest BCUT2D eigenvalue weighted by Crippen LogP contribution is -2.10. The molecule has 3 nitrogen and oxygen atoms in total. The van der Waals surface area contributed by atoms with Crippen LogP contribution in [-0.2, 0) is 0 Å². The average Bonchev–Trinajstić information content (AvgIpc) is 3.82. The van der Waals surface area contributed by atoms with E-state index in [0.29, 0.717) is 16.8 Å². The maximum absolute atomic E-state index is 9.85. The first kappa shape index (κ1) is 25.8. The standard InChI is InChI=1S/C50H32N2O/c1-2-16-36(17-3-1)51-44-22-9-8-20-41(44)48-39(21-11-24-45(48)51)35-27-30-37(31-28-35)52(43-23-10-15-33-13-4-6-18-38(33)43)46-25-12-26-47-49(46)42-32-29-34-14-5-7-19-40(34)50(42)53-47/h1-32H/i27D,28D,30D,31D. The van der Waals surface area contributed by atoms with Gasteiger partial charge < -0.3 is 13.9 Å². The molecule has 0 saturated carbocycles. The number of fused-ring (bicyclic) bond motifs is 9. The van der Waals surface area contributed by atoms with Crippen molar-refractivity contribution in [3.8, 4) is 16.8 Å². The van der Waals surface area contributed by atoms with E-state index in [-0.39, 0.29) is 35.4 Å². The van der Waals surface area contributed by atoms with E-state index in [0.717, 1.165) is 71.1 Å². The number of hydrogen-bond acceptors (Lipinski definition) is 2. The molecule has 9 aromatic carbocycles. The average molecular weight is 681 g/mol. The predicted octanol–water partition coefficient (Wildman–Crippen LogP) is 14.1. The van der Waals surface area contributed by atoms with E-state index in [4.69, 9.17) is 4.42 Å². The second kappa shape index (κ2) is 11.7. The maximum atomic E-state index is 9.85. The van der Waals surface area contributed by atoms with Gasteiger partial charge in [0.25, 0.3) is 0 Å². The molecule has 11 rings (SSSR count). The van der Waals surface area contributed by atoms with Crippen LogP contribution in [0.2, 0.25) is 0 Å². The summed E-state index contributed by atoms with van der Waals surface area (Å²) in [4.78, 5) is 1.90. The third kappa shape index (κ3) is 4.54. The summed E-state index contributed by atoms with van der Waals surface area (Å²) < 4.78 is 48.0. The fourth-order valence-corrected chi connectivity index (χ4v) is 8.13. The Hall–Kier alpha value is -7.10. The minimum absolute atomic E-state index is 0.115. The SMILES string of the molecule is [2H]c1c([2H])c(N(c2cccc3ccccc23)c2cccc3oc4c5ccccc5ccc4c23)c([2H])c([2H])c1-c1cccc2c1c1ccccc1n2-c1ccccc1.